The molecule has 1 nitrogen and oxygen atoms in total. The quantitative estimate of drug-likeness (QED) is 0.401. The summed E-state index contributed by atoms with van der Waals surface area (Å²) >= 11 is 0. The number of halogens is 3. The van der Waals surface area contributed by atoms with Crippen LogP contribution in [0.25, 0.3) is 0 Å². The molecular weight excluding hydrogens is 181 g/mol. The maximum atomic E-state index is 9.67. The molecule has 0 aliphatic carbocycles. The fraction of sp³-hybridized carbons (Fsp3) is 0.800. The Morgan fingerprint density at radius 2 is 1.36 bits per heavy atom. The molecule has 0 atom stereocenters. The fourth-order valence-electron chi connectivity index (χ4n) is 0.224. The first-order valence-corrected chi connectivity index (χ1v) is 3.02. The fourth-order valence-corrected chi connectivity index (χ4v) is 0.224. The van der Waals surface area contributed by atoms with Crippen molar-refractivity contribution >= 4 is 7.54 Å². The van der Waals surface area contributed by atoms with Gasteiger partial charge in [-0.15, -0.1) is 0 Å². The maximum Gasteiger partial charge on any atom is 1.00 e. The Labute approximate surface area is 109 Å². The van der Waals surface area contributed by atoms with Crippen LogP contribution in [0.1, 0.15) is 13.8 Å². The molecule has 0 amide bonds. The van der Waals surface area contributed by atoms with Crippen LogP contribution in [0.15, 0.2) is 0 Å². The molecule has 0 bridgehead atoms. The molecule has 0 saturated carbocycles. The van der Waals surface area contributed by atoms with Crippen molar-refractivity contribution < 1.29 is 64.3 Å². The number of nitrogens with zero attached hydrogens (tertiary/aromatic N) is 1. The Morgan fingerprint density at radius 1 is 1.18 bits per heavy atom. The van der Waals surface area contributed by atoms with Crippen LogP contribution < -0.4 is 51.4 Å². The van der Waals surface area contributed by atoms with E-state index >= 15 is 0 Å². The molecule has 0 aromatic carbocycles. The Morgan fingerprint density at radius 3 is 1.36 bits per heavy atom. The zero-order chi connectivity index (χ0) is 8.57. The van der Waals surface area contributed by atoms with Gasteiger partial charge in [0.15, 0.2) is 0 Å². The summed E-state index contributed by atoms with van der Waals surface area (Å²) in [6.07, 6.45) is 0. The molecule has 11 heavy (non-hydrogen) atoms. The molecule has 0 radical (unpaired) electrons. The average molecular weight is 193 g/mol. The molecule has 0 aromatic heterocycles. The van der Waals surface area contributed by atoms with Crippen LogP contribution in [0.3, 0.4) is 0 Å². The van der Waals surface area contributed by atoms with Gasteiger partial charge in [-0.2, -0.15) is 0 Å². The minimum Gasteiger partial charge on any atom is -0.460 e. The van der Waals surface area contributed by atoms with Gasteiger partial charge in [0.2, 0.25) is 0 Å². The molecule has 62 valence electrons. The van der Waals surface area contributed by atoms with Crippen LogP contribution in [-0.2, 0) is 0 Å². The first-order chi connectivity index (χ1) is 4.54. The molecule has 0 aliphatic heterocycles. The minimum atomic E-state index is -3.67. The first-order valence-electron chi connectivity index (χ1n) is 3.02. The van der Waals surface area contributed by atoms with Gasteiger partial charge in [0, 0.05) is 0 Å². The molecule has 0 fully saturated rings. The van der Waals surface area contributed by atoms with Crippen molar-refractivity contribution in [1.29, 1.82) is 0 Å². The number of rotatable bonds is 2. The SMILES string of the molecule is FB(F)F.[CH2-]N(CC)CC.[K+]. The number of hydrogen-bond donors (Lipinski definition) is 0. The van der Waals surface area contributed by atoms with Gasteiger partial charge in [0.25, 0.3) is 0 Å². The van der Waals surface area contributed by atoms with E-state index in [2.05, 4.69) is 20.9 Å². The monoisotopic (exact) mass is 193 g/mol. The van der Waals surface area contributed by atoms with Crippen molar-refractivity contribution in [2.75, 3.05) is 13.1 Å². The molecule has 0 saturated heterocycles. The average Bonchev–Trinajstić information content (AvgIpc) is 1.85. The zero-order valence-corrected chi connectivity index (χ0v) is 10.4. The van der Waals surface area contributed by atoms with Gasteiger partial charge in [-0.25, -0.2) is 0 Å². The van der Waals surface area contributed by atoms with Crippen LogP contribution in [0.4, 0.5) is 12.9 Å². The van der Waals surface area contributed by atoms with E-state index in [9.17, 15) is 12.9 Å². The molecule has 0 unspecified atom stereocenters. The van der Waals surface area contributed by atoms with Gasteiger partial charge in [-0.05, 0) is 13.1 Å². The van der Waals surface area contributed by atoms with Gasteiger partial charge in [-0.3, -0.25) is 20.0 Å². The summed E-state index contributed by atoms with van der Waals surface area (Å²) in [5.74, 6) is 0. The van der Waals surface area contributed by atoms with Crippen molar-refractivity contribution in [2.45, 2.75) is 13.8 Å². The van der Waals surface area contributed by atoms with Gasteiger partial charge in [0.1, 0.15) is 0 Å². The molecule has 0 aromatic rings. The van der Waals surface area contributed by atoms with Gasteiger partial charge >= 0.3 is 58.9 Å². The molecule has 0 rings (SSSR count). The summed E-state index contributed by atoms with van der Waals surface area (Å²) in [4.78, 5) is 2.00. The Balaban J connectivity index is -0.000000114. The van der Waals surface area contributed by atoms with E-state index in [-0.39, 0.29) is 51.4 Å². The van der Waals surface area contributed by atoms with Gasteiger partial charge < -0.3 is 4.90 Å². The van der Waals surface area contributed by atoms with E-state index in [4.69, 9.17) is 0 Å². The van der Waals surface area contributed by atoms with E-state index in [1.165, 1.54) is 0 Å². The van der Waals surface area contributed by atoms with Crippen molar-refractivity contribution in [3.63, 3.8) is 0 Å². The van der Waals surface area contributed by atoms with Crippen molar-refractivity contribution in [2.24, 2.45) is 0 Å². The summed E-state index contributed by atoms with van der Waals surface area (Å²) < 4.78 is 29.0. The molecular formula is C5H12BF3KN. The van der Waals surface area contributed by atoms with E-state index < -0.39 is 7.54 Å². The topological polar surface area (TPSA) is 3.24 Å². The Hall–Kier alpha value is 1.45. The smallest absolute Gasteiger partial charge is 0.460 e. The van der Waals surface area contributed by atoms with Crippen molar-refractivity contribution in [3.05, 3.63) is 7.05 Å². The second-order valence-corrected chi connectivity index (χ2v) is 1.55. The van der Waals surface area contributed by atoms with E-state index in [0.717, 1.165) is 13.1 Å². The summed E-state index contributed by atoms with van der Waals surface area (Å²) in [5.41, 5.74) is 0. The summed E-state index contributed by atoms with van der Waals surface area (Å²) in [6.45, 7) is 6.29. The first kappa shape index (κ1) is 18.3. The third-order valence-electron chi connectivity index (χ3n) is 0.894. The van der Waals surface area contributed by atoms with Gasteiger partial charge in [0.05, 0.1) is 0 Å². The largest absolute Gasteiger partial charge is 1.00 e. The second-order valence-electron chi connectivity index (χ2n) is 1.55. The third kappa shape index (κ3) is 34.4. The second kappa shape index (κ2) is 14.0. The zero-order valence-electron chi connectivity index (χ0n) is 7.28. The summed E-state index contributed by atoms with van der Waals surface area (Å²) in [6, 6.07) is 0. The normalized spacial score (nSPS) is 7.91. The van der Waals surface area contributed by atoms with Crippen LogP contribution in [0.5, 0.6) is 0 Å². The van der Waals surface area contributed by atoms with Crippen molar-refractivity contribution in [3.8, 4) is 0 Å². The van der Waals surface area contributed by atoms with E-state index in [1.807, 2.05) is 4.90 Å². The molecule has 0 N–H and O–H groups in total. The van der Waals surface area contributed by atoms with Crippen LogP contribution >= 0.6 is 0 Å². The van der Waals surface area contributed by atoms with Crippen LogP contribution in [0.2, 0.25) is 0 Å². The standard InChI is InChI=1S/C5H12N.BF3.K/c1-4-6(3)5-2;2-1(3)4;/h3-5H2,1-2H3;;/q-1;;+1. The van der Waals surface area contributed by atoms with Crippen LogP contribution in [0, 0.1) is 7.05 Å². The predicted molar refractivity (Wildman–Crippen MR) is 37.4 cm³/mol. The predicted octanol–water partition coefficient (Wildman–Crippen LogP) is -0.996. The molecule has 0 aliphatic rings. The Kier molecular flexibility index (Phi) is 23.3. The van der Waals surface area contributed by atoms with E-state index in [0.29, 0.717) is 0 Å². The summed E-state index contributed by atoms with van der Waals surface area (Å²) in [5, 5.41) is 0. The Bertz CT molecular complexity index is 60.9. The maximum absolute atomic E-state index is 9.67. The van der Waals surface area contributed by atoms with Crippen LogP contribution in [-0.4, -0.2) is 25.5 Å². The molecule has 0 heterocycles. The van der Waals surface area contributed by atoms with Crippen molar-refractivity contribution in [1.82, 2.24) is 4.90 Å². The molecule has 0 spiro atoms. The molecule has 6 heteroatoms. The number of hydrogen-bond acceptors (Lipinski definition) is 1. The van der Waals surface area contributed by atoms with Gasteiger partial charge in [-0.1, -0.05) is 13.8 Å². The third-order valence-corrected chi connectivity index (χ3v) is 0.894. The minimum absolute atomic E-state index is 0. The van der Waals surface area contributed by atoms with E-state index in [1.54, 1.807) is 0 Å². The summed E-state index contributed by atoms with van der Waals surface area (Å²) in [7, 11) is 0.0417.